The van der Waals surface area contributed by atoms with Crippen LogP contribution in [0.3, 0.4) is 0 Å². The first kappa shape index (κ1) is 20.5. The molecule has 0 bridgehead atoms. The fourth-order valence-corrected chi connectivity index (χ4v) is 4.54. The summed E-state index contributed by atoms with van der Waals surface area (Å²) in [7, 11) is 0. The molecule has 30 heavy (non-hydrogen) atoms. The summed E-state index contributed by atoms with van der Waals surface area (Å²) < 4.78 is 1.59. The minimum atomic E-state index is -0.275. The van der Waals surface area contributed by atoms with Crippen LogP contribution in [0.1, 0.15) is 27.2 Å². The van der Waals surface area contributed by atoms with Crippen molar-refractivity contribution in [1.82, 2.24) is 15.1 Å². The minimum absolute atomic E-state index is 0.0532. The minimum Gasteiger partial charge on any atom is -0.354 e. The zero-order valence-corrected chi connectivity index (χ0v) is 17.8. The third-order valence-corrected chi connectivity index (χ3v) is 6.02. The fourth-order valence-electron chi connectivity index (χ4n) is 3.31. The summed E-state index contributed by atoms with van der Waals surface area (Å²) in [5.74, 6) is 1.70. The van der Waals surface area contributed by atoms with Crippen molar-refractivity contribution in [1.29, 1.82) is 0 Å². The molecule has 6 nitrogen and oxygen atoms in total. The lowest BCUT2D eigenvalue weighted by Gasteiger charge is -2.11. The van der Waals surface area contributed by atoms with E-state index in [0.29, 0.717) is 22.9 Å². The number of rotatable bonds is 7. The summed E-state index contributed by atoms with van der Waals surface area (Å²) in [5, 5.41) is 10.9. The Kier molecular flexibility index (Phi) is 6.40. The number of hydrogen-bond acceptors (Lipinski definition) is 4. The van der Waals surface area contributed by atoms with Crippen molar-refractivity contribution in [3.63, 3.8) is 0 Å². The van der Waals surface area contributed by atoms with Crippen LogP contribution in [0.15, 0.2) is 54.6 Å². The number of fused-ring (bicyclic) bond motifs is 1. The van der Waals surface area contributed by atoms with Gasteiger partial charge in [0.1, 0.15) is 12.4 Å². The molecule has 0 unspecified atom stereocenters. The first-order valence-corrected chi connectivity index (χ1v) is 11.2. The van der Waals surface area contributed by atoms with Crippen LogP contribution in [0.4, 0.5) is 5.82 Å². The number of thioether (sulfide) groups is 1. The molecule has 0 fully saturated rings. The van der Waals surface area contributed by atoms with Crippen molar-refractivity contribution >= 4 is 41.0 Å². The van der Waals surface area contributed by atoms with Crippen LogP contribution in [0, 0.1) is 0 Å². The van der Waals surface area contributed by atoms with Crippen LogP contribution in [0.25, 0.3) is 0 Å². The van der Waals surface area contributed by atoms with Crippen LogP contribution < -0.4 is 10.6 Å². The molecular weight excluding hydrogens is 420 g/mol. The summed E-state index contributed by atoms with van der Waals surface area (Å²) in [4.78, 5) is 25.2. The molecule has 8 heteroatoms. The molecule has 1 aliphatic heterocycles. The van der Waals surface area contributed by atoms with Crippen LogP contribution in [0.2, 0.25) is 5.02 Å². The Morgan fingerprint density at radius 1 is 1.10 bits per heavy atom. The van der Waals surface area contributed by atoms with Gasteiger partial charge in [-0.2, -0.15) is 16.9 Å². The van der Waals surface area contributed by atoms with Gasteiger partial charge in [-0.15, -0.1) is 0 Å². The standard InChI is InChI=1S/C22H21ClN4O2S/c23-17-8-4-7-16(11-17)22(29)25-21-18-13-30-14-19(18)26-27(21)12-20(28)24-10-9-15-5-2-1-3-6-15/h1-8,11H,9-10,12-14H2,(H,24,28)(H,25,29). The number of amides is 2. The molecule has 0 radical (unpaired) electrons. The monoisotopic (exact) mass is 440 g/mol. The van der Waals surface area contributed by atoms with E-state index in [2.05, 4.69) is 15.7 Å². The van der Waals surface area contributed by atoms with Gasteiger partial charge in [-0.3, -0.25) is 9.59 Å². The maximum absolute atomic E-state index is 12.7. The molecule has 1 aromatic heterocycles. The normalized spacial score (nSPS) is 12.4. The van der Waals surface area contributed by atoms with Crippen molar-refractivity contribution in [3.05, 3.63) is 82.0 Å². The number of nitrogens with one attached hydrogen (secondary N) is 2. The number of benzene rings is 2. The molecule has 0 atom stereocenters. The Morgan fingerprint density at radius 3 is 2.73 bits per heavy atom. The predicted molar refractivity (Wildman–Crippen MR) is 120 cm³/mol. The number of hydrogen-bond donors (Lipinski definition) is 2. The number of nitrogens with zero attached hydrogens (tertiary/aromatic N) is 2. The van der Waals surface area contributed by atoms with Gasteiger partial charge in [-0.25, -0.2) is 4.68 Å². The van der Waals surface area contributed by atoms with E-state index in [1.807, 2.05) is 30.3 Å². The second-order valence-corrected chi connectivity index (χ2v) is 8.40. The van der Waals surface area contributed by atoms with E-state index >= 15 is 0 Å². The van der Waals surface area contributed by atoms with Gasteiger partial charge in [0.15, 0.2) is 0 Å². The molecule has 2 aromatic carbocycles. The van der Waals surface area contributed by atoms with Gasteiger partial charge in [-0.1, -0.05) is 48.0 Å². The second-order valence-electron chi connectivity index (χ2n) is 6.97. The molecule has 0 spiro atoms. The molecule has 2 heterocycles. The summed E-state index contributed by atoms with van der Waals surface area (Å²) in [6.45, 7) is 0.599. The fraction of sp³-hybridized carbons (Fsp3) is 0.227. The van der Waals surface area contributed by atoms with Crippen molar-refractivity contribution in [2.24, 2.45) is 0 Å². The first-order chi connectivity index (χ1) is 14.6. The summed E-state index contributed by atoms with van der Waals surface area (Å²) in [6.07, 6.45) is 0.761. The molecule has 1 aliphatic rings. The van der Waals surface area contributed by atoms with E-state index in [1.54, 1.807) is 40.7 Å². The maximum atomic E-state index is 12.7. The van der Waals surface area contributed by atoms with E-state index < -0.39 is 0 Å². The quantitative estimate of drug-likeness (QED) is 0.584. The maximum Gasteiger partial charge on any atom is 0.256 e. The third-order valence-electron chi connectivity index (χ3n) is 4.81. The number of carbonyl (C=O) groups is 2. The zero-order valence-electron chi connectivity index (χ0n) is 16.2. The summed E-state index contributed by atoms with van der Waals surface area (Å²) in [5.41, 5.74) is 3.52. The van der Waals surface area contributed by atoms with Crippen LogP contribution in [0.5, 0.6) is 0 Å². The summed E-state index contributed by atoms with van der Waals surface area (Å²) in [6, 6.07) is 16.8. The largest absolute Gasteiger partial charge is 0.354 e. The molecule has 4 rings (SSSR count). The lowest BCUT2D eigenvalue weighted by molar-refractivity contribution is -0.121. The molecule has 2 amide bonds. The number of carbonyl (C=O) groups excluding carboxylic acids is 2. The lowest BCUT2D eigenvalue weighted by atomic mass is 10.1. The van der Waals surface area contributed by atoms with Gasteiger partial charge >= 0.3 is 0 Å². The molecule has 0 saturated heterocycles. The molecule has 154 valence electrons. The molecular formula is C22H21ClN4O2S. The number of anilines is 1. The Morgan fingerprint density at radius 2 is 1.93 bits per heavy atom. The van der Waals surface area contributed by atoms with E-state index in [-0.39, 0.29) is 18.4 Å². The van der Waals surface area contributed by atoms with Crippen LogP contribution in [-0.4, -0.2) is 28.1 Å². The summed E-state index contributed by atoms with van der Waals surface area (Å²) >= 11 is 7.74. The Bertz CT molecular complexity index is 1070. The number of aromatic nitrogens is 2. The highest BCUT2D eigenvalue weighted by Gasteiger charge is 2.25. The van der Waals surface area contributed by atoms with Gasteiger partial charge < -0.3 is 10.6 Å². The van der Waals surface area contributed by atoms with Gasteiger partial charge in [-0.05, 0) is 30.2 Å². The van der Waals surface area contributed by atoms with Crippen molar-refractivity contribution in [2.45, 2.75) is 24.5 Å². The molecule has 0 saturated carbocycles. The molecule has 0 aliphatic carbocycles. The van der Waals surface area contributed by atoms with Crippen molar-refractivity contribution < 1.29 is 9.59 Å². The SMILES string of the molecule is O=C(Cn1nc2c(c1NC(=O)c1cccc(Cl)c1)CSC2)NCCc1ccccc1. The van der Waals surface area contributed by atoms with Crippen LogP contribution in [-0.2, 0) is 29.3 Å². The number of halogens is 1. The molecule has 2 N–H and O–H groups in total. The average molecular weight is 441 g/mol. The van der Waals surface area contributed by atoms with Gasteiger partial charge in [0, 0.05) is 34.2 Å². The Labute approximate surface area is 184 Å². The highest BCUT2D eigenvalue weighted by atomic mass is 35.5. The second kappa shape index (κ2) is 9.36. The smallest absolute Gasteiger partial charge is 0.256 e. The van der Waals surface area contributed by atoms with Crippen molar-refractivity contribution in [3.8, 4) is 0 Å². The average Bonchev–Trinajstić information content (AvgIpc) is 3.31. The topological polar surface area (TPSA) is 76.0 Å². The van der Waals surface area contributed by atoms with Gasteiger partial charge in [0.05, 0.1) is 5.69 Å². The van der Waals surface area contributed by atoms with Crippen LogP contribution >= 0.6 is 23.4 Å². The zero-order chi connectivity index (χ0) is 20.9. The third kappa shape index (κ3) is 4.86. The van der Waals surface area contributed by atoms with Crippen molar-refractivity contribution in [2.75, 3.05) is 11.9 Å². The Balaban J connectivity index is 1.43. The van der Waals surface area contributed by atoms with Gasteiger partial charge in [0.2, 0.25) is 5.91 Å². The van der Waals surface area contributed by atoms with E-state index in [4.69, 9.17) is 11.6 Å². The lowest BCUT2D eigenvalue weighted by Crippen LogP contribution is -2.30. The highest BCUT2D eigenvalue weighted by Crippen LogP contribution is 2.34. The molecule has 3 aromatic rings. The van der Waals surface area contributed by atoms with E-state index in [1.165, 1.54) is 5.56 Å². The van der Waals surface area contributed by atoms with Gasteiger partial charge in [0.25, 0.3) is 5.91 Å². The first-order valence-electron chi connectivity index (χ1n) is 9.64. The highest BCUT2D eigenvalue weighted by molar-refractivity contribution is 7.98. The predicted octanol–water partition coefficient (Wildman–Crippen LogP) is 3.89. The van der Waals surface area contributed by atoms with E-state index in [0.717, 1.165) is 29.2 Å². The van der Waals surface area contributed by atoms with E-state index in [9.17, 15) is 9.59 Å². The Hall–Kier alpha value is -2.77.